The van der Waals surface area contributed by atoms with E-state index in [1.165, 1.54) is 0 Å². The lowest BCUT2D eigenvalue weighted by Gasteiger charge is -1.98. The predicted octanol–water partition coefficient (Wildman–Crippen LogP) is -0.141. The van der Waals surface area contributed by atoms with Crippen molar-refractivity contribution in [1.82, 2.24) is 0 Å². The lowest BCUT2D eigenvalue weighted by Crippen LogP contribution is -2.08. The maximum absolute atomic E-state index is 10.6. The summed E-state index contributed by atoms with van der Waals surface area (Å²) in [7, 11) is -3.47. The van der Waals surface area contributed by atoms with E-state index in [4.69, 9.17) is 5.11 Å². The van der Waals surface area contributed by atoms with Crippen molar-refractivity contribution in [2.24, 2.45) is 0 Å². The molecular weight excluding hydrogens is 156 g/mol. The molecule has 0 aromatic heterocycles. The fraction of sp³-hybridized carbons (Fsp3) is 0.600. The van der Waals surface area contributed by atoms with Crippen LogP contribution in [0.25, 0.3) is 0 Å². The fourth-order valence-electron chi connectivity index (χ4n) is 0.393. The number of hydrogen-bond donors (Lipinski definition) is 1. The second-order valence-corrected chi connectivity index (χ2v) is 3.32. The van der Waals surface area contributed by atoms with Crippen LogP contribution in [0, 0.1) is 0 Å². The molecule has 0 amide bonds. The second kappa shape index (κ2) is 4.29. The molecule has 60 valence electrons. The van der Waals surface area contributed by atoms with Crippen molar-refractivity contribution >= 4 is 10.1 Å². The summed E-state index contributed by atoms with van der Waals surface area (Å²) in [6.07, 6.45) is 1.04. The van der Waals surface area contributed by atoms with Crippen LogP contribution < -0.4 is 0 Å². The number of aliphatic hydroxyl groups excluding tert-OH is 1. The SMILES string of the molecule is C=COS(=O)(=O)CCCO. The summed E-state index contributed by atoms with van der Waals surface area (Å²) in [6.45, 7) is 2.94. The first-order valence-corrected chi connectivity index (χ1v) is 4.33. The molecule has 4 nitrogen and oxygen atoms in total. The second-order valence-electron chi connectivity index (χ2n) is 1.60. The summed E-state index contributed by atoms with van der Waals surface area (Å²) >= 11 is 0. The van der Waals surface area contributed by atoms with Gasteiger partial charge in [-0.3, -0.25) is 0 Å². The first-order chi connectivity index (χ1) is 4.62. The van der Waals surface area contributed by atoms with Crippen LogP contribution in [-0.4, -0.2) is 25.9 Å². The van der Waals surface area contributed by atoms with Gasteiger partial charge in [0, 0.05) is 6.61 Å². The molecule has 0 saturated heterocycles. The Labute approximate surface area is 60.3 Å². The molecule has 0 aromatic carbocycles. The van der Waals surface area contributed by atoms with E-state index in [0.29, 0.717) is 0 Å². The Balaban J connectivity index is 3.76. The van der Waals surface area contributed by atoms with Gasteiger partial charge in [-0.05, 0) is 6.42 Å². The zero-order valence-electron chi connectivity index (χ0n) is 5.49. The quantitative estimate of drug-likeness (QED) is 0.456. The average molecular weight is 166 g/mol. The van der Waals surface area contributed by atoms with E-state index in [-0.39, 0.29) is 18.8 Å². The summed E-state index contributed by atoms with van der Waals surface area (Å²) in [6, 6.07) is 0. The number of rotatable bonds is 5. The molecular formula is C5H10O4S. The molecule has 0 saturated carbocycles. The van der Waals surface area contributed by atoms with Gasteiger partial charge in [0.2, 0.25) is 0 Å². The van der Waals surface area contributed by atoms with Crippen LogP contribution in [0.5, 0.6) is 0 Å². The molecule has 0 fully saturated rings. The van der Waals surface area contributed by atoms with E-state index >= 15 is 0 Å². The van der Waals surface area contributed by atoms with Crippen molar-refractivity contribution < 1.29 is 17.7 Å². The Bertz CT molecular complexity index is 182. The molecule has 0 radical (unpaired) electrons. The van der Waals surface area contributed by atoms with Crippen molar-refractivity contribution in [3.05, 3.63) is 12.8 Å². The van der Waals surface area contributed by atoms with Crippen LogP contribution in [-0.2, 0) is 14.3 Å². The molecule has 0 atom stereocenters. The highest BCUT2D eigenvalue weighted by molar-refractivity contribution is 7.86. The molecule has 5 heteroatoms. The largest absolute Gasteiger partial charge is 0.396 e. The summed E-state index contributed by atoms with van der Waals surface area (Å²) in [5.74, 6) is -0.171. The Morgan fingerprint density at radius 2 is 2.20 bits per heavy atom. The van der Waals surface area contributed by atoms with E-state index in [9.17, 15) is 8.42 Å². The summed E-state index contributed by atoms with van der Waals surface area (Å²) < 4.78 is 25.3. The minimum atomic E-state index is -3.47. The van der Waals surface area contributed by atoms with Gasteiger partial charge in [0.05, 0.1) is 12.0 Å². The van der Waals surface area contributed by atoms with Crippen LogP contribution in [0.2, 0.25) is 0 Å². The first kappa shape index (κ1) is 9.45. The van der Waals surface area contributed by atoms with E-state index in [1.807, 2.05) is 0 Å². The van der Waals surface area contributed by atoms with Gasteiger partial charge in [-0.25, -0.2) is 0 Å². The molecule has 0 rings (SSSR count). The minimum Gasteiger partial charge on any atom is -0.396 e. The molecule has 0 bridgehead atoms. The molecule has 0 aliphatic carbocycles. The van der Waals surface area contributed by atoms with Gasteiger partial charge >= 0.3 is 10.1 Å². The first-order valence-electron chi connectivity index (χ1n) is 2.75. The molecule has 1 N–H and O–H groups in total. The fourth-order valence-corrected chi connectivity index (χ4v) is 1.18. The van der Waals surface area contributed by atoms with E-state index in [0.717, 1.165) is 6.26 Å². The summed E-state index contributed by atoms with van der Waals surface area (Å²) in [5, 5.41) is 8.25. The third-order valence-electron chi connectivity index (χ3n) is 0.767. The zero-order valence-corrected chi connectivity index (χ0v) is 6.30. The van der Waals surface area contributed by atoms with Gasteiger partial charge in [0.15, 0.2) is 0 Å². The topological polar surface area (TPSA) is 63.6 Å². The highest BCUT2D eigenvalue weighted by Crippen LogP contribution is 1.95. The molecule has 0 spiro atoms. The maximum atomic E-state index is 10.6. The molecule has 0 aliphatic heterocycles. The van der Waals surface area contributed by atoms with Gasteiger partial charge in [-0.15, -0.1) is 0 Å². The summed E-state index contributed by atoms with van der Waals surface area (Å²) in [5.41, 5.74) is 0. The van der Waals surface area contributed by atoms with Crippen LogP contribution in [0.1, 0.15) is 6.42 Å². The molecule has 0 aliphatic rings. The minimum absolute atomic E-state index is 0.153. The van der Waals surface area contributed by atoms with E-state index in [2.05, 4.69) is 10.8 Å². The van der Waals surface area contributed by atoms with Gasteiger partial charge in [-0.2, -0.15) is 8.42 Å². The van der Waals surface area contributed by atoms with Crippen molar-refractivity contribution in [2.45, 2.75) is 6.42 Å². The smallest absolute Gasteiger partial charge is 0.308 e. The average Bonchev–Trinajstić information content (AvgIpc) is 1.84. The van der Waals surface area contributed by atoms with Gasteiger partial charge in [-0.1, -0.05) is 6.58 Å². The molecule has 10 heavy (non-hydrogen) atoms. The lowest BCUT2D eigenvalue weighted by molar-refractivity contribution is 0.293. The van der Waals surface area contributed by atoms with Crippen LogP contribution in [0.15, 0.2) is 12.8 Å². The highest BCUT2D eigenvalue weighted by Gasteiger charge is 2.07. The van der Waals surface area contributed by atoms with Crippen LogP contribution in [0.3, 0.4) is 0 Å². The third kappa shape index (κ3) is 4.34. The van der Waals surface area contributed by atoms with Gasteiger partial charge < -0.3 is 9.29 Å². The predicted molar refractivity (Wildman–Crippen MR) is 36.8 cm³/mol. The Morgan fingerprint density at radius 1 is 1.60 bits per heavy atom. The lowest BCUT2D eigenvalue weighted by atomic mass is 10.5. The zero-order chi connectivity index (χ0) is 8.04. The van der Waals surface area contributed by atoms with Gasteiger partial charge in [0.25, 0.3) is 0 Å². The third-order valence-corrected chi connectivity index (χ3v) is 1.99. The molecule has 0 unspecified atom stereocenters. The maximum Gasteiger partial charge on any atom is 0.308 e. The standard InChI is InChI=1S/C5H10O4S/c1-2-9-10(7,8)5-3-4-6/h2,6H,1,3-5H2. The number of aliphatic hydroxyl groups is 1. The highest BCUT2D eigenvalue weighted by atomic mass is 32.2. The summed E-state index contributed by atoms with van der Waals surface area (Å²) in [4.78, 5) is 0. The van der Waals surface area contributed by atoms with E-state index < -0.39 is 10.1 Å². The van der Waals surface area contributed by atoms with Crippen molar-refractivity contribution in [3.63, 3.8) is 0 Å². The molecule has 0 aromatic rings. The van der Waals surface area contributed by atoms with Crippen LogP contribution >= 0.6 is 0 Å². The Hall–Kier alpha value is -0.550. The monoisotopic (exact) mass is 166 g/mol. The number of hydrogen-bond acceptors (Lipinski definition) is 4. The van der Waals surface area contributed by atoms with Crippen LogP contribution in [0.4, 0.5) is 0 Å². The van der Waals surface area contributed by atoms with Crippen molar-refractivity contribution in [2.75, 3.05) is 12.4 Å². The Kier molecular flexibility index (Phi) is 4.06. The normalized spacial score (nSPS) is 10.9. The Morgan fingerprint density at radius 3 is 2.60 bits per heavy atom. The van der Waals surface area contributed by atoms with Crippen molar-refractivity contribution in [3.8, 4) is 0 Å². The van der Waals surface area contributed by atoms with E-state index in [1.54, 1.807) is 0 Å². The molecule has 0 heterocycles. The van der Waals surface area contributed by atoms with Gasteiger partial charge in [0.1, 0.15) is 0 Å². The van der Waals surface area contributed by atoms with Crippen molar-refractivity contribution in [1.29, 1.82) is 0 Å².